The second kappa shape index (κ2) is 77.1. The maximum atomic E-state index is 13.1. The van der Waals surface area contributed by atoms with Crippen molar-refractivity contribution in [3.63, 3.8) is 0 Å². The second-order valence-corrected chi connectivity index (χ2v) is 30.6. The third-order valence-electron chi connectivity index (χ3n) is 17.5. The fraction of sp³-hybridized carbons (Fsp3) is 0.765. The Bertz CT molecular complexity index is 2350. The van der Waals surface area contributed by atoms with Crippen molar-refractivity contribution < 1.29 is 80.2 Å². The number of carbonyl (C=O) groups excluding carboxylic acids is 4. The van der Waals surface area contributed by atoms with E-state index in [0.29, 0.717) is 32.1 Å². The first-order chi connectivity index (χ1) is 50.7. The van der Waals surface area contributed by atoms with E-state index in [1.54, 1.807) is 0 Å². The smallest absolute Gasteiger partial charge is 0.462 e. The van der Waals surface area contributed by atoms with Crippen molar-refractivity contribution in [3.8, 4) is 0 Å². The van der Waals surface area contributed by atoms with Gasteiger partial charge in [0.05, 0.1) is 26.4 Å². The van der Waals surface area contributed by atoms with Crippen LogP contribution in [0, 0.1) is 0 Å². The van der Waals surface area contributed by atoms with Crippen LogP contribution in [0.25, 0.3) is 0 Å². The molecule has 0 aliphatic heterocycles. The monoisotopic (exact) mass is 1510 g/mol. The van der Waals surface area contributed by atoms with Gasteiger partial charge in [0, 0.05) is 25.7 Å². The van der Waals surface area contributed by atoms with Crippen molar-refractivity contribution in [3.05, 3.63) is 97.2 Å². The van der Waals surface area contributed by atoms with Crippen molar-refractivity contribution >= 4 is 39.5 Å². The number of hydrogen-bond donors (Lipinski definition) is 3. The molecule has 17 nitrogen and oxygen atoms in total. The summed E-state index contributed by atoms with van der Waals surface area (Å²) in [4.78, 5) is 73.1. The van der Waals surface area contributed by atoms with Crippen LogP contribution in [0.3, 0.4) is 0 Å². The lowest BCUT2D eigenvalue weighted by Gasteiger charge is -2.21. The third kappa shape index (κ3) is 76.2. The molecule has 3 N–H and O–H groups in total. The maximum Gasteiger partial charge on any atom is 0.472 e. The Kier molecular flexibility index (Phi) is 74.2. The average molecular weight is 1510 g/mol. The van der Waals surface area contributed by atoms with Crippen LogP contribution in [-0.4, -0.2) is 96.7 Å². The Morgan fingerprint density at radius 3 is 0.827 bits per heavy atom. The molecule has 104 heavy (non-hydrogen) atoms. The molecular weight excluding hydrogens is 1350 g/mol. The van der Waals surface area contributed by atoms with E-state index in [9.17, 15) is 43.2 Å². The average Bonchev–Trinajstić information content (AvgIpc) is 0.918. The molecule has 5 unspecified atom stereocenters. The second-order valence-electron chi connectivity index (χ2n) is 27.7. The number of carbonyl (C=O) groups is 4. The first-order valence-electron chi connectivity index (χ1n) is 41.5. The first kappa shape index (κ1) is 100.0. The van der Waals surface area contributed by atoms with Gasteiger partial charge in [0.15, 0.2) is 12.2 Å². The summed E-state index contributed by atoms with van der Waals surface area (Å²) in [6.07, 6.45) is 82.5. The highest BCUT2D eigenvalue weighted by atomic mass is 31.2. The summed E-state index contributed by atoms with van der Waals surface area (Å²) in [5.41, 5.74) is 0. The molecule has 0 aromatic heterocycles. The van der Waals surface area contributed by atoms with E-state index in [1.807, 2.05) is 18.2 Å². The van der Waals surface area contributed by atoms with Crippen molar-refractivity contribution in [1.29, 1.82) is 0 Å². The Balaban J connectivity index is 5.41. The predicted molar refractivity (Wildman–Crippen MR) is 427 cm³/mol. The number of unbranched alkanes of at least 4 members (excludes halogenated alkanes) is 36. The van der Waals surface area contributed by atoms with Gasteiger partial charge in [-0.2, -0.15) is 0 Å². The highest BCUT2D eigenvalue weighted by Gasteiger charge is 2.30. The number of phosphoric acid groups is 2. The number of esters is 4. The number of hydrogen-bond acceptors (Lipinski definition) is 15. The molecule has 602 valence electrons. The van der Waals surface area contributed by atoms with E-state index < -0.39 is 97.5 Å². The van der Waals surface area contributed by atoms with E-state index in [2.05, 4.69) is 107 Å². The minimum Gasteiger partial charge on any atom is -0.462 e. The van der Waals surface area contributed by atoms with Crippen LogP contribution in [0.15, 0.2) is 97.2 Å². The zero-order chi connectivity index (χ0) is 76.0. The molecule has 0 aromatic carbocycles. The van der Waals surface area contributed by atoms with Gasteiger partial charge < -0.3 is 33.8 Å². The number of rotatable bonds is 78. The molecule has 0 heterocycles. The lowest BCUT2D eigenvalue weighted by molar-refractivity contribution is -0.161. The van der Waals surface area contributed by atoms with Crippen LogP contribution in [-0.2, 0) is 65.4 Å². The normalized spacial score (nSPS) is 14.3. The van der Waals surface area contributed by atoms with Crippen molar-refractivity contribution in [2.45, 2.75) is 380 Å². The van der Waals surface area contributed by atoms with Gasteiger partial charge in [-0.1, -0.05) is 318 Å². The maximum absolute atomic E-state index is 13.1. The highest BCUT2D eigenvalue weighted by molar-refractivity contribution is 7.47. The van der Waals surface area contributed by atoms with E-state index in [0.717, 1.165) is 135 Å². The minimum atomic E-state index is -4.99. The largest absolute Gasteiger partial charge is 0.472 e. The van der Waals surface area contributed by atoms with Gasteiger partial charge in [-0.05, 0) is 116 Å². The van der Waals surface area contributed by atoms with Crippen molar-refractivity contribution in [2.24, 2.45) is 0 Å². The molecule has 0 amide bonds. The predicted octanol–water partition coefficient (Wildman–Crippen LogP) is 24.3. The summed E-state index contributed by atoms with van der Waals surface area (Å²) in [6, 6.07) is 0. The van der Waals surface area contributed by atoms with E-state index in [-0.39, 0.29) is 25.7 Å². The molecule has 0 aliphatic carbocycles. The summed E-state index contributed by atoms with van der Waals surface area (Å²) in [6.45, 7) is 4.71. The van der Waals surface area contributed by atoms with Gasteiger partial charge in [0.2, 0.25) is 0 Å². The number of aliphatic hydroxyl groups excluding tert-OH is 1. The molecule has 5 atom stereocenters. The number of ether oxygens (including phenoxy) is 4. The molecule has 0 radical (unpaired) electrons. The fourth-order valence-electron chi connectivity index (χ4n) is 11.2. The molecule has 0 aliphatic rings. The molecule has 0 fully saturated rings. The highest BCUT2D eigenvalue weighted by Crippen LogP contribution is 2.45. The molecule has 0 saturated carbocycles. The number of aliphatic hydroxyl groups is 1. The van der Waals surface area contributed by atoms with Crippen LogP contribution in [0.2, 0.25) is 0 Å². The summed E-state index contributed by atoms with van der Waals surface area (Å²) in [5, 5.41) is 10.7. The lowest BCUT2D eigenvalue weighted by atomic mass is 10.0. The van der Waals surface area contributed by atoms with Crippen LogP contribution in [0.4, 0.5) is 0 Å². The number of phosphoric ester groups is 2. The Labute approximate surface area is 633 Å². The van der Waals surface area contributed by atoms with Crippen LogP contribution < -0.4 is 0 Å². The van der Waals surface area contributed by atoms with Crippen molar-refractivity contribution in [2.75, 3.05) is 39.6 Å². The zero-order valence-electron chi connectivity index (χ0n) is 65.9. The van der Waals surface area contributed by atoms with E-state index >= 15 is 0 Å². The molecule has 0 aromatic rings. The van der Waals surface area contributed by atoms with Gasteiger partial charge >= 0.3 is 39.5 Å². The topological polar surface area (TPSA) is 237 Å². The van der Waals surface area contributed by atoms with Crippen LogP contribution >= 0.6 is 15.6 Å². The van der Waals surface area contributed by atoms with Gasteiger partial charge in [-0.25, -0.2) is 9.13 Å². The summed E-state index contributed by atoms with van der Waals surface area (Å²) < 4.78 is 68.6. The molecule has 0 saturated heterocycles. The van der Waals surface area contributed by atoms with Gasteiger partial charge in [-0.3, -0.25) is 37.3 Å². The summed E-state index contributed by atoms with van der Waals surface area (Å²) in [5.74, 6) is -2.27. The molecule has 19 heteroatoms. The standard InChI is InChI=1S/C85H150O17P2/c1-5-9-13-17-21-25-29-33-37-38-39-40-44-46-50-54-58-62-66-70-83(88)96-76-81(102-85(90)72-68-64-60-56-52-48-43-36-32-28-24-20-16-12-8-4)78-100-104(93,94)98-74-79(86)73-97-103(91,92)99-77-80(101-84(89)71-67-63-59-55-51-47-42-35-31-27-23-19-15-11-7-3)75-95-82(87)69-65-61-57-53-49-45-41-34-30-26-22-18-14-10-6-2/h9,13,21,25,33-34,36-37,39-41,43,46,50,58,62,79-81,86H,5-8,10-12,14-20,22-24,26-32,35,38,42,44-45,47-49,51-57,59-61,63-78H2,1-4H3,(H,91,92)(H,93,94)/b13-9-,25-21-,37-33-,40-39-,41-34-,43-36-,50-46-,62-58-. The molecule has 0 bridgehead atoms. The van der Waals surface area contributed by atoms with Crippen LogP contribution in [0.1, 0.15) is 362 Å². The minimum absolute atomic E-state index is 0.0352. The van der Waals surface area contributed by atoms with Gasteiger partial charge in [0.1, 0.15) is 19.3 Å². The molecule has 0 spiro atoms. The molecule has 0 rings (SSSR count). The summed E-state index contributed by atoms with van der Waals surface area (Å²) in [7, 11) is -9.98. The fourth-order valence-corrected chi connectivity index (χ4v) is 12.8. The first-order valence-corrected chi connectivity index (χ1v) is 44.5. The SMILES string of the molecule is CC/C=C\C/C=C\C/C=C\C/C=C\C/C=C\C/C=C\CCC(=O)OCC(COP(=O)(O)OCC(O)COP(=O)(O)OCC(COC(=O)CCCCCCC/C=C\CCCCCCCC)OC(=O)CCCCCCCCCCCCCCCCC)OC(=O)CCCCCCC/C=C\CCCCCCCC. The Morgan fingerprint density at radius 1 is 0.279 bits per heavy atom. The van der Waals surface area contributed by atoms with Crippen molar-refractivity contribution in [1.82, 2.24) is 0 Å². The lowest BCUT2D eigenvalue weighted by Crippen LogP contribution is -2.30. The number of allylic oxidation sites excluding steroid dienone is 16. The van der Waals surface area contributed by atoms with Gasteiger partial charge in [-0.15, -0.1) is 0 Å². The zero-order valence-corrected chi connectivity index (χ0v) is 67.7. The quantitative estimate of drug-likeness (QED) is 0.0169. The van der Waals surface area contributed by atoms with Crippen LogP contribution in [0.5, 0.6) is 0 Å². The summed E-state index contributed by atoms with van der Waals surface area (Å²) >= 11 is 0. The van der Waals surface area contributed by atoms with E-state index in [1.165, 1.54) is 141 Å². The molecular formula is C85H150O17P2. The van der Waals surface area contributed by atoms with Gasteiger partial charge in [0.25, 0.3) is 0 Å². The third-order valence-corrected chi connectivity index (χ3v) is 19.4. The Hall–Kier alpha value is -4.02. The van der Waals surface area contributed by atoms with E-state index in [4.69, 9.17) is 37.0 Å². The Morgan fingerprint density at radius 2 is 0.519 bits per heavy atom.